The maximum Gasteiger partial charge on any atom is 0.264 e. The Morgan fingerprint density at radius 2 is 2.05 bits per heavy atom. The van der Waals surface area contributed by atoms with Crippen molar-refractivity contribution in [3.63, 3.8) is 0 Å². The van der Waals surface area contributed by atoms with Crippen molar-refractivity contribution in [2.24, 2.45) is 0 Å². The molecule has 1 heterocycles. The molecule has 0 unspecified atom stereocenters. The quantitative estimate of drug-likeness (QED) is 0.882. The van der Waals surface area contributed by atoms with Crippen molar-refractivity contribution in [3.8, 4) is 5.75 Å². The van der Waals surface area contributed by atoms with Crippen molar-refractivity contribution < 1.29 is 14.3 Å². The van der Waals surface area contributed by atoms with Gasteiger partial charge in [0.05, 0.1) is 0 Å². The van der Waals surface area contributed by atoms with E-state index in [4.69, 9.17) is 9.47 Å². The summed E-state index contributed by atoms with van der Waals surface area (Å²) in [5, 5.41) is 11.5. The molecule has 0 aliphatic heterocycles. The third kappa shape index (κ3) is 4.29. The number of carbonyl (C=O) groups excluding carboxylic acids is 1. The molecule has 0 bridgehead atoms. The van der Waals surface area contributed by atoms with Gasteiger partial charge in [-0.1, -0.05) is 29.0 Å². The van der Waals surface area contributed by atoms with E-state index in [1.165, 1.54) is 11.3 Å². The number of nitrogens with zero attached hydrogens (tertiary/aromatic N) is 2. The largest absolute Gasteiger partial charge is 0.484 e. The molecule has 0 spiro atoms. The van der Waals surface area contributed by atoms with Gasteiger partial charge in [0, 0.05) is 7.11 Å². The predicted molar refractivity (Wildman–Crippen MR) is 75.9 cm³/mol. The van der Waals surface area contributed by atoms with Gasteiger partial charge in [0.25, 0.3) is 5.91 Å². The summed E-state index contributed by atoms with van der Waals surface area (Å²) < 4.78 is 10.3. The van der Waals surface area contributed by atoms with Crippen molar-refractivity contribution in [1.29, 1.82) is 0 Å². The van der Waals surface area contributed by atoms with E-state index in [-0.39, 0.29) is 12.5 Å². The van der Waals surface area contributed by atoms with Gasteiger partial charge in [-0.2, -0.15) is 0 Å². The van der Waals surface area contributed by atoms with Gasteiger partial charge in [-0.3, -0.25) is 10.1 Å². The fraction of sp³-hybridized carbons (Fsp3) is 0.308. The molecule has 2 aromatic rings. The van der Waals surface area contributed by atoms with Crippen LogP contribution in [0.1, 0.15) is 10.6 Å². The maximum absolute atomic E-state index is 11.7. The molecule has 0 saturated carbocycles. The second kappa shape index (κ2) is 6.97. The van der Waals surface area contributed by atoms with E-state index in [1.807, 2.05) is 31.2 Å². The molecule has 1 aromatic heterocycles. The number of hydrogen-bond donors (Lipinski definition) is 1. The number of anilines is 1. The zero-order valence-corrected chi connectivity index (χ0v) is 12.1. The predicted octanol–water partition coefficient (Wildman–Crippen LogP) is 2.01. The number of aryl methyl sites for hydroxylation is 1. The molecule has 1 amide bonds. The summed E-state index contributed by atoms with van der Waals surface area (Å²) in [6.07, 6.45) is 0. The van der Waals surface area contributed by atoms with Gasteiger partial charge in [0.15, 0.2) is 6.61 Å². The number of benzene rings is 1. The summed E-state index contributed by atoms with van der Waals surface area (Å²) in [5.74, 6) is 0.383. The molecular formula is C13H15N3O3S. The van der Waals surface area contributed by atoms with Crippen LogP contribution in [0.15, 0.2) is 24.3 Å². The smallest absolute Gasteiger partial charge is 0.264 e. The molecule has 0 fully saturated rings. The summed E-state index contributed by atoms with van der Waals surface area (Å²) in [5.41, 5.74) is 1.14. The topological polar surface area (TPSA) is 73.3 Å². The fourth-order valence-corrected chi connectivity index (χ4v) is 2.15. The van der Waals surface area contributed by atoms with Gasteiger partial charge in [0.1, 0.15) is 17.4 Å². The van der Waals surface area contributed by atoms with E-state index in [0.29, 0.717) is 22.5 Å². The Kier molecular flexibility index (Phi) is 5.03. The number of nitrogens with one attached hydrogen (secondary N) is 1. The van der Waals surface area contributed by atoms with Crippen LogP contribution < -0.4 is 10.1 Å². The van der Waals surface area contributed by atoms with Crippen molar-refractivity contribution >= 4 is 22.4 Å². The molecule has 2 rings (SSSR count). The minimum atomic E-state index is -0.273. The van der Waals surface area contributed by atoms with Crippen molar-refractivity contribution in [3.05, 3.63) is 34.8 Å². The van der Waals surface area contributed by atoms with Crippen LogP contribution in [0.2, 0.25) is 0 Å². The zero-order chi connectivity index (χ0) is 14.4. The van der Waals surface area contributed by atoms with Crippen molar-refractivity contribution in [2.45, 2.75) is 13.5 Å². The third-order valence-electron chi connectivity index (χ3n) is 2.37. The molecule has 7 heteroatoms. The van der Waals surface area contributed by atoms with Gasteiger partial charge in [-0.25, -0.2) is 0 Å². The maximum atomic E-state index is 11.7. The molecule has 0 aliphatic carbocycles. The van der Waals surface area contributed by atoms with E-state index in [1.54, 1.807) is 7.11 Å². The molecule has 1 N–H and O–H groups in total. The normalized spacial score (nSPS) is 10.3. The second-order valence-corrected chi connectivity index (χ2v) is 5.15. The van der Waals surface area contributed by atoms with Crippen LogP contribution in [0.4, 0.5) is 5.13 Å². The van der Waals surface area contributed by atoms with Gasteiger partial charge < -0.3 is 9.47 Å². The summed E-state index contributed by atoms with van der Waals surface area (Å²) in [4.78, 5) is 11.7. The molecule has 0 atom stereocenters. The molecular weight excluding hydrogens is 278 g/mol. The molecule has 0 radical (unpaired) electrons. The highest BCUT2D eigenvalue weighted by molar-refractivity contribution is 7.15. The lowest BCUT2D eigenvalue weighted by atomic mass is 10.2. The van der Waals surface area contributed by atoms with Gasteiger partial charge in [-0.05, 0) is 19.1 Å². The third-order valence-corrected chi connectivity index (χ3v) is 3.18. The highest BCUT2D eigenvalue weighted by Gasteiger charge is 2.08. The Balaban J connectivity index is 1.81. The number of rotatable bonds is 6. The zero-order valence-electron chi connectivity index (χ0n) is 11.3. The highest BCUT2D eigenvalue weighted by Crippen LogP contribution is 2.16. The Morgan fingerprint density at radius 3 is 2.75 bits per heavy atom. The summed E-state index contributed by atoms with van der Waals surface area (Å²) in [6.45, 7) is 2.30. The van der Waals surface area contributed by atoms with Crippen LogP contribution in [0.5, 0.6) is 5.75 Å². The van der Waals surface area contributed by atoms with Crippen molar-refractivity contribution in [1.82, 2.24) is 10.2 Å². The first-order valence-electron chi connectivity index (χ1n) is 5.98. The van der Waals surface area contributed by atoms with Gasteiger partial charge in [0.2, 0.25) is 5.13 Å². The Labute approximate surface area is 120 Å². The standard InChI is InChI=1S/C13H15N3O3S/c1-9-3-5-10(6-4-9)19-7-11(17)14-13-16-15-12(20-13)8-18-2/h3-6H,7-8H2,1-2H3,(H,14,16,17). The number of carbonyl (C=O) groups is 1. The first-order chi connectivity index (χ1) is 9.67. The summed E-state index contributed by atoms with van der Waals surface area (Å²) in [6, 6.07) is 7.50. The van der Waals surface area contributed by atoms with E-state index < -0.39 is 0 Å². The SMILES string of the molecule is COCc1nnc(NC(=O)COc2ccc(C)cc2)s1. The van der Waals surface area contributed by atoms with E-state index >= 15 is 0 Å². The average molecular weight is 293 g/mol. The molecule has 106 valence electrons. The lowest BCUT2D eigenvalue weighted by Gasteiger charge is -2.05. The molecule has 6 nitrogen and oxygen atoms in total. The van der Waals surface area contributed by atoms with Crippen LogP contribution in [0.25, 0.3) is 0 Å². The number of methoxy groups -OCH3 is 1. The van der Waals surface area contributed by atoms with Crippen molar-refractivity contribution in [2.75, 3.05) is 19.0 Å². The number of ether oxygens (including phenoxy) is 2. The average Bonchev–Trinajstić information content (AvgIpc) is 2.86. The van der Waals surface area contributed by atoms with E-state index in [2.05, 4.69) is 15.5 Å². The van der Waals surface area contributed by atoms with Crippen LogP contribution in [-0.2, 0) is 16.1 Å². The first kappa shape index (κ1) is 14.4. The second-order valence-electron chi connectivity index (χ2n) is 4.08. The minimum Gasteiger partial charge on any atom is -0.484 e. The fourth-order valence-electron chi connectivity index (χ4n) is 1.42. The van der Waals surface area contributed by atoms with Crippen LogP contribution in [0, 0.1) is 6.92 Å². The van der Waals surface area contributed by atoms with Crippen LogP contribution >= 0.6 is 11.3 Å². The Hall–Kier alpha value is -1.99. The van der Waals surface area contributed by atoms with Crippen LogP contribution in [0.3, 0.4) is 0 Å². The summed E-state index contributed by atoms with van der Waals surface area (Å²) >= 11 is 1.27. The molecule has 0 saturated heterocycles. The summed E-state index contributed by atoms with van der Waals surface area (Å²) in [7, 11) is 1.58. The van der Waals surface area contributed by atoms with E-state index in [0.717, 1.165) is 5.56 Å². The molecule has 0 aliphatic rings. The molecule has 1 aromatic carbocycles. The number of amides is 1. The van der Waals surface area contributed by atoms with E-state index in [9.17, 15) is 4.79 Å². The van der Waals surface area contributed by atoms with Crippen LogP contribution in [-0.4, -0.2) is 29.8 Å². The monoisotopic (exact) mass is 293 g/mol. The van der Waals surface area contributed by atoms with Gasteiger partial charge in [-0.15, -0.1) is 10.2 Å². The lowest BCUT2D eigenvalue weighted by molar-refractivity contribution is -0.118. The lowest BCUT2D eigenvalue weighted by Crippen LogP contribution is -2.20. The number of hydrogen-bond acceptors (Lipinski definition) is 6. The first-order valence-corrected chi connectivity index (χ1v) is 6.79. The molecule has 20 heavy (non-hydrogen) atoms. The highest BCUT2D eigenvalue weighted by atomic mass is 32.1. The Morgan fingerprint density at radius 1 is 1.30 bits per heavy atom. The minimum absolute atomic E-state index is 0.0672. The Bertz CT molecular complexity index is 568. The van der Waals surface area contributed by atoms with Gasteiger partial charge >= 0.3 is 0 Å². The number of aromatic nitrogens is 2.